The standard InChI is InChI=1S/C15H15N5O5/c1-8(21)16-15(20-25-10(3)23)13(19-24-9(2)22)14-17-11-6-4-5-7-12(11)18-14/h4-7H,1-3H3,(H,17,18)(H,16,20,21)/b19-13-. The molecular weight excluding hydrogens is 330 g/mol. The molecule has 0 aliphatic rings. The van der Waals surface area contributed by atoms with Crippen molar-refractivity contribution in [3.05, 3.63) is 30.1 Å². The molecule has 0 aliphatic carbocycles. The van der Waals surface area contributed by atoms with Crippen molar-refractivity contribution >= 4 is 40.4 Å². The van der Waals surface area contributed by atoms with Crippen LogP contribution >= 0.6 is 0 Å². The molecule has 1 aromatic heterocycles. The highest BCUT2D eigenvalue weighted by molar-refractivity contribution is 6.48. The van der Waals surface area contributed by atoms with E-state index in [4.69, 9.17) is 0 Å². The highest BCUT2D eigenvalue weighted by Gasteiger charge is 2.20. The van der Waals surface area contributed by atoms with Gasteiger partial charge in [0, 0.05) is 20.8 Å². The van der Waals surface area contributed by atoms with Gasteiger partial charge >= 0.3 is 11.9 Å². The minimum absolute atomic E-state index is 0.122. The molecule has 2 aromatic rings. The second-order valence-electron chi connectivity index (χ2n) is 4.83. The summed E-state index contributed by atoms with van der Waals surface area (Å²) < 4.78 is 0. The Morgan fingerprint density at radius 3 is 2.28 bits per heavy atom. The van der Waals surface area contributed by atoms with E-state index in [1.54, 1.807) is 24.3 Å². The number of para-hydroxylation sites is 2. The number of hydrogen-bond donors (Lipinski definition) is 2. The van der Waals surface area contributed by atoms with E-state index in [2.05, 4.69) is 35.3 Å². The number of amidine groups is 1. The summed E-state index contributed by atoms with van der Waals surface area (Å²) in [6.45, 7) is 3.52. The van der Waals surface area contributed by atoms with Gasteiger partial charge in [-0.1, -0.05) is 22.4 Å². The molecule has 2 N–H and O–H groups in total. The Bertz CT molecular complexity index is 850. The van der Waals surface area contributed by atoms with Crippen LogP contribution in [-0.4, -0.2) is 39.4 Å². The van der Waals surface area contributed by atoms with Gasteiger partial charge in [0.1, 0.15) is 0 Å². The van der Waals surface area contributed by atoms with Crippen LogP contribution in [0.1, 0.15) is 26.6 Å². The number of fused-ring (bicyclic) bond motifs is 1. The summed E-state index contributed by atoms with van der Waals surface area (Å²) in [4.78, 5) is 50.0. The first-order valence-corrected chi connectivity index (χ1v) is 7.11. The zero-order valence-electron chi connectivity index (χ0n) is 13.7. The lowest BCUT2D eigenvalue weighted by atomic mass is 10.3. The zero-order valence-corrected chi connectivity index (χ0v) is 13.7. The number of amides is 1. The number of oxime groups is 2. The molecular formula is C15H15N5O5. The second-order valence-corrected chi connectivity index (χ2v) is 4.83. The average Bonchev–Trinajstić information content (AvgIpc) is 2.95. The van der Waals surface area contributed by atoms with Gasteiger partial charge in [-0.2, -0.15) is 0 Å². The Labute approximate surface area is 141 Å². The van der Waals surface area contributed by atoms with Crippen LogP contribution in [0, 0.1) is 0 Å². The average molecular weight is 345 g/mol. The summed E-state index contributed by atoms with van der Waals surface area (Å²) in [5, 5.41) is 9.55. The van der Waals surface area contributed by atoms with Gasteiger partial charge in [0.05, 0.1) is 11.0 Å². The van der Waals surface area contributed by atoms with Crippen molar-refractivity contribution in [1.29, 1.82) is 0 Å². The highest BCUT2D eigenvalue weighted by Crippen LogP contribution is 2.11. The summed E-state index contributed by atoms with van der Waals surface area (Å²) in [7, 11) is 0. The molecule has 10 nitrogen and oxygen atoms in total. The Morgan fingerprint density at radius 1 is 1.04 bits per heavy atom. The third-order valence-corrected chi connectivity index (χ3v) is 2.66. The van der Waals surface area contributed by atoms with Gasteiger partial charge in [-0.15, -0.1) is 0 Å². The van der Waals surface area contributed by atoms with Crippen molar-refractivity contribution in [1.82, 2.24) is 15.3 Å². The summed E-state index contributed by atoms with van der Waals surface area (Å²) in [5.41, 5.74) is 1.17. The first kappa shape index (κ1) is 17.8. The molecule has 0 radical (unpaired) electrons. The quantitative estimate of drug-likeness (QED) is 0.365. The topological polar surface area (TPSA) is 135 Å². The first-order chi connectivity index (χ1) is 11.9. The van der Waals surface area contributed by atoms with E-state index in [0.29, 0.717) is 11.0 Å². The smallest absolute Gasteiger partial charge is 0.332 e. The van der Waals surface area contributed by atoms with Crippen LogP contribution in [0.25, 0.3) is 11.0 Å². The van der Waals surface area contributed by atoms with Gasteiger partial charge in [-0.05, 0) is 12.1 Å². The van der Waals surface area contributed by atoms with E-state index < -0.39 is 17.8 Å². The Balaban J connectivity index is 2.53. The molecule has 0 aliphatic heterocycles. The van der Waals surface area contributed by atoms with Gasteiger partial charge in [-0.3, -0.25) is 4.79 Å². The zero-order chi connectivity index (χ0) is 18.4. The fourth-order valence-electron chi connectivity index (χ4n) is 1.78. The number of benzene rings is 1. The summed E-state index contributed by atoms with van der Waals surface area (Å²) in [6, 6.07) is 7.11. The van der Waals surface area contributed by atoms with E-state index in [1.807, 2.05) is 0 Å². The van der Waals surface area contributed by atoms with Gasteiger partial charge in [0.15, 0.2) is 11.5 Å². The number of aromatic nitrogens is 2. The molecule has 1 aromatic carbocycles. The molecule has 0 saturated carbocycles. The number of rotatable bonds is 4. The first-order valence-electron chi connectivity index (χ1n) is 7.11. The number of carbonyl (C=O) groups is 3. The number of nitrogens with one attached hydrogen (secondary N) is 2. The normalized spacial score (nSPS) is 12.0. The summed E-state index contributed by atoms with van der Waals surface area (Å²) in [6.07, 6.45) is 0. The van der Waals surface area contributed by atoms with E-state index in [0.717, 1.165) is 13.8 Å². The lowest BCUT2D eigenvalue weighted by molar-refractivity contribution is -0.142. The van der Waals surface area contributed by atoms with Gasteiger partial charge in [0.25, 0.3) is 0 Å². The third-order valence-electron chi connectivity index (χ3n) is 2.66. The number of carbonyl (C=O) groups excluding carboxylic acids is 3. The van der Waals surface area contributed by atoms with Crippen LogP contribution in [0.4, 0.5) is 0 Å². The predicted molar refractivity (Wildman–Crippen MR) is 87.4 cm³/mol. The number of hydrogen-bond acceptors (Lipinski definition) is 8. The van der Waals surface area contributed by atoms with Gasteiger partial charge in [-0.25, -0.2) is 14.6 Å². The maximum atomic E-state index is 11.4. The lowest BCUT2D eigenvalue weighted by Crippen LogP contribution is -2.36. The molecule has 25 heavy (non-hydrogen) atoms. The van der Waals surface area contributed by atoms with Crippen molar-refractivity contribution in [3.63, 3.8) is 0 Å². The number of nitrogens with zero attached hydrogens (tertiary/aromatic N) is 3. The molecule has 0 saturated heterocycles. The fourth-order valence-corrected chi connectivity index (χ4v) is 1.78. The molecule has 0 atom stereocenters. The summed E-state index contributed by atoms with van der Waals surface area (Å²) in [5.74, 6) is -2.00. The fraction of sp³-hybridized carbons (Fsp3) is 0.200. The minimum Gasteiger partial charge on any atom is -0.336 e. The number of imidazole rings is 1. The highest BCUT2D eigenvalue weighted by atomic mass is 16.7. The van der Waals surface area contributed by atoms with E-state index in [1.165, 1.54) is 6.92 Å². The monoisotopic (exact) mass is 345 g/mol. The predicted octanol–water partition coefficient (Wildman–Crippen LogP) is 0.843. The van der Waals surface area contributed by atoms with Crippen LogP contribution in [0.2, 0.25) is 0 Å². The van der Waals surface area contributed by atoms with E-state index >= 15 is 0 Å². The van der Waals surface area contributed by atoms with Gasteiger partial charge in [0.2, 0.25) is 11.7 Å². The van der Waals surface area contributed by atoms with Crippen molar-refractivity contribution < 1.29 is 24.1 Å². The largest absolute Gasteiger partial charge is 0.336 e. The van der Waals surface area contributed by atoms with Gasteiger partial charge < -0.3 is 20.0 Å². The van der Waals surface area contributed by atoms with Crippen molar-refractivity contribution in [3.8, 4) is 0 Å². The Hall–Kier alpha value is -3.56. The molecule has 0 unspecified atom stereocenters. The van der Waals surface area contributed by atoms with E-state index in [9.17, 15) is 14.4 Å². The van der Waals surface area contributed by atoms with Crippen LogP contribution in [0.3, 0.4) is 0 Å². The van der Waals surface area contributed by atoms with Crippen LogP contribution in [-0.2, 0) is 24.1 Å². The van der Waals surface area contributed by atoms with Crippen LogP contribution in [0.15, 0.2) is 34.6 Å². The Morgan fingerprint density at radius 2 is 1.68 bits per heavy atom. The molecule has 130 valence electrons. The summed E-state index contributed by atoms with van der Waals surface area (Å²) >= 11 is 0. The molecule has 2 rings (SSSR count). The van der Waals surface area contributed by atoms with Crippen molar-refractivity contribution in [2.75, 3.05) is 0 Å². The van der Waals surface area contributed by atoms with Crippen molar-refractivity contribution in [2.45, 2.75) is 20.8 Å². The maximum Gasteiger partial charge on any atom is 0.332 e. The molecule has 0 bridgehead atoms. The molecule has 1 amide bonds. The second kappa shape index (κ2) is 7.81. The lowest BCUT2D eigenvalue weighted by Gasteiger charge is -2.07. The SMILES string of the molecule is CC(=O)NC(=N\OC(C)=O)/C(=N\OC(C)=O)c1nc2ccccc2[nH]1. The van der Waals surface area contributed by atoms with Crippen molar-refractivity contribution in [2.24, 2.45) is 10.3 Å². The minimum atomic E-state index is -0.709. The molecule has 1 heterocycles. The van der Waals surface area contributed by atoms with Crippen LogP contribution in [0.5, 0.6) is 0 Å². The van der Waals surface area contributed by atoms with E-state index in [-0.39, 0.29) is 17.4 Å². The molecule has 0 spiro atoms. The third kappa shape index (κ3) is 4.96. The maximum absolute atomic E-state index is 11.4. The number of aromatic amines is 1. The molecule has 10 heteroatoms. The molecule has 0 fully saturated rings. The number of H-pyrrole nitrogens is 1. The van der Waals surface area contributed by atoms with Crippen LogP contribution < -0.4 is 5.32 Å². The Kier molecular flexibility index (Phi) is 5.56.